The molecule has 1 aromatic rings. The minimum Gasteiger partial charge on any atom is -0.465 e. The zero-order valence-corrected chi connectivity index (χ0v) is 13.7. The Balaban J connectivity index is 1.75. The quantitative estimate of drug-likeness (QED) is 0.735. The van der Waals surface area contributed by atoms with E-state index in [0.717, 1.165) is 12.0 Å². The van der Waals surface area contributed by atoms with Crippen LogP contribution >= 0.6 is 0 Å². The van der Waals surface area contributed by atoms with Crippen LogP contribution in [-0.4, -0.2) is 34.5 Å². The van der Waals surface area contributed by atoms with Gasteiger partial charge in [0.2, 0.25) is 0 Å². The minimum absolute atomic E-state index is 0.139. The predicted molar refractivity (Wildman–Crippen MR) is 89.6 cm³/mol. The van der Waals surface area contributed by atoms with Gasteiger partial charge in [0.1, 0.15) is 17.4 Å². The van der Waals surface area contributed by atoms with Gasteiger partial charge in [-0.3, -0.25) is 4.79 Å². The van der Waals surface area contributed by atoms with Crippen LogP contribution in [-0.2, 0) is 22.4 Å². The molecule has 3 aliphatic heterocycles. The first-order chi connectivity index (χ1) is 12.2. The third-order valence-corrected chi connectivity index (χ3v) is 4.49. The molecular formula is C18H17N3O4. The number of H-pyrrole nitrogens is 1. The Morgan fingerprint density at radius 1 is 1.40 bits per heavy atom. The van der Waals surface area contributed by atoms with Crippen molar-refractivity contribution in [2.24, 2.45) is 0 Å². The largest absolute Gasteiger partial charge is 0.465 e. The van der Waals surface area contributed by atoms with Crippen molar-refractivity contribution in [3.05, 3.63) is 63.7 Å². The summed E-state index contributed by atoms with van der Waals surface area (Å²) in [7, 11) is 1.30. The molecule has 1 atom stereocenters. The molecule has 3 aliphatic rings. The van der Waals surface area contributed by atoms with Gasteiger partial charge < -0.3 is 14.0 Å². The van der Waals surface area contributed by atoms with Gasteiger partial charge in [0.05, 0.1) is 25.8 Å². The first-order valence-electron chi connectivity index (χ1n) is 8.03. The van der Waals surface area contributed by atoms with Crippen LogP contribution in [0.4, 0.5) is 0 Å². The van der Waals surface area contributed by atoms with Crippen molar-refractivity contribution in [2.75, 3.05) is 13.7 Å². The minimum atomic E-state index is -0.532. The molecule has 4 rings (SSSR count). The van der Waals surface area contributed by atoms with Crippen molar-refractivity contribution in [1.29, 1.82) is 0 Å². The Morgan fingerprint density at radius 2 is 2.24 bits per heavy atom. The second-order valence-corrected chi connectivity index (χ2v) is 5.98. The van der Waals surface area contributed by atoms with E-state index in [2.05, 4.69) is 22.3 Å². The number of esters is 1. The van der Waals surface area contributed by atoms with Crippen LogP contribution in [0.5, 0.6) is 0 Å². The Hall–Kier alpha value is -2.93. The molecule has 1 N–H and O–H groups in total. The number of hydrogen-bond donors (Lipinski definition) is 1. The van der Waals surface area contributed by atoms with E-state index in [-0.39, 0.29) is 17.2 Å². The number of aromatic nitrogens is 3. The molecule has 0 spiro atoms. The number of hydrogen-bond acceptors (Lipinski definition) is 5. The summed E-state index contributed by atoms with van der Waals surface area (Å²) in [6, 6.07) is 8.16. The van der Waals surface area contributed by atoms with Crippen molar-refractivity contribution < 1.29 is 14.3 Å². The Kier molecular flexibility index (Phi) is 3.85. The van der Waals surface area contributed by atoms with Gasteiger partial charge in [0, 0.05) is 12.4 Å². The molecule has 3 heterocycles. The molecule has 7 heteroatoms. The van der Waals surface area contributed by atoms with Gasteiger partial charge in [0.15, 0.2) is 0 Å². The summed E-state index contributed by atoms with van der Waals surface area (Å²) in [5, 5.41) is 6.31. The molecule has 0 aromatic heterocycles. The lowest BCUT2D eigenvalue weighted by Gasteiger charge is -2.27. The smallest absolute Gasteiger partial charge is 0.341 e. The highest BCUT2D eigenvalue weighted by molar-refractivity contribution is 5.95. The zero-order valence-electron chi connectivity index (χ0n) is 13.7. The topological polar surface area (TPSA) is 86.2 Å². The van der Waals surface area contributed by atoms with Crippen LogP contribution in [0.1, 0.15) is 27.6 Å². The normalized spacial score (nSPS) is 16.6. The average Bonchev–Trinajstić information content (AvgIpc) is 3.02. The van der Waals surface area contributed by atoms with Gasteiger partial charge in [-0.25, -0.2) is 9.89 Å². The van der Waals surface area contributed by atoms with Crippen LogP contribution in [0.3, 0.4) is 0 Å². The monoisotopic (exact) mass is 339 g/mol. The van der Waals surface area contributed by atoms with Crippen LogP contribution in [0.25, 0.3) is 11.3 Å². The first-order valence-corrected chi connectivity index (χ1v) is 8.03. The standard InChI is InChI=1S/C18H17N3O4/c1-24-18(23)14-9-21(8-13-16(14)19-20-17(13)22)10-15-12-5-3-2-4-11(12)6-7-25-15/h2-5,8-9,15H,6-7,10H2,1H3,(H,20,22). The highest BCUT2D eigenvalue weighted by Crippen LogP contribution is 2.29. The number of nitrogens with zero attached hydrogens (tertiary/aromatic N) is 2. The highest BCUT2D eigenvalue weighted by Gasteiger charge is 2.25. The molecule has 7 nitrogen and oxygen atoms in total. The van der Waals surface area contributed by atoms with E-state index in [1.54, 1.807) is 17.0 Å². The molecule has 128 valence electrons. The molecule has 1 unspecified atom stereocenters. The summed E-state index contributed by atoms with van der Waals surface area (Å²) in [5.41, 5.74) is 2.99. The summed E-state index contributed by atoms with van der Waals surface area (Å²) in [4.78, 5) is 24.0. The number of methoxy groups -OCH3 is 1. The number of nitrogens with one attached hydrogen (secondary N) is 1. The fourth-order valence-corrected chi connectivity index (χ4v) is 3.27. The molecule has 0 radical (unpaired) electrons. The Labute approximate surface area is 143 Å². The molecule has 0 amide bonds. The van der Waals surface area contributed by atoms with Crippen molar-refractivity contribution in [2.45, 2.75) is 19.1 Å². The maximum Gasteiger partial charge on any atom is 0.341 e. The van der Waals surface area contributed by atoms with E-state index < -0.39 is 5.97 Å². The molecule has 25 heavy (non-hydrogen) atoms. The third kappa shape index (κ3) is 2.72. The summed E-state index contributed by atoms with van der Waals surface area (Å²) in [6.45, 7) is 1.13. The maximum absolute atomic E-state index is 12.1. The number of aromatic amines is 1. The summed E-state index contributed by atoms with van der Waals surface area (Å²) in [5.74, 6) is -0.532. The molecular weight excluding hydrogens is 322 g/mol. The molecule has 1 aromatic carbocycles. The predicted octanol–water partition coefficient (Wildman–Crippen LogP) is 1.78. The van der Waals surface area contributed by atoms with E-state index in [0.29, 0.717) is 24.4 Å². The number of ether oxygens (including phenoxy) is 2. The fourth-order valence-electron chi connectivity index (χ4n) is 3.27. The van der Waals surface area contributed by atoms with Crippen molar-refractivity contribution in [3.63, 3.8) is 0 Å². The molecule has 0 fully saturated rings. The molecule has 0 saturated carbocycles. The van der Waals surface area contributed by atoms with Crippen molar-refractivity contribution in [3.8, 4) is 11.3 Å². The fraction of sp³-hybridized carbons (Fsp3) is 0.278. The number of carbonyl (C=O) groups is 1. The second-order valence-electron chi connectivity index (χ2n) is 5.98. The lowest BCUT2D eigenvalue weighted by atomic mass is 9.97. The summed E-state index contributed by atoms with van der Waals surface area (Å²) < 4.78 is 12.5. The zero-order chi connectivity index (χ0) is 17.4. The van der Waals surface area contributed by atoms with E-state index >= 15 is 0 Å². The molecule has 0 saturated heterocycles. The molecule has 0 aliphatic carbocycles. The summed E-state index contributed by atoms with van der Waals surface area (Å²) in [6.07, 6.45) is 4.08. The average molecular weight is 339 g/mol. The maximum atomic E-state index is 12.1. The third-order valence-electron chi connectivity index (χ3n) is 4.49. The van der Waals surface area contributed by atoms with E-state index in [9.17, 15) is 9.59 Å². The van der Waals surface area contributed by atoms with Crippen LogP contribution in [0.2, 0.25) is 0 Å². The van der Waals surface area contributed by atoms with Crippen molar-refractivity contribution in [1.82, 2.24) is 14.8 Å². The SMILES string of the molecule is COC(=O)c1cn(CC2OCCc3ccccc32)cc2c(=O)[nH]nc1-2. The van der Waals surface area contributed by atoms with Gasteiger partial charge >= 0.3 is 5.97 Å². The van der Waals surface area contributed by atoms with Gasteiger partial charge in [-0.05, 0) is 17.5 Å². The van der Waals surface area contributed by atoms with Crippen LogP contribution in [0.15, 0.2) is 41.5 Å². The highest BCUT2D eigenvalue weighted by atomic mass is 16.5. The number of benzene rings is 1. The van der Waals surface area contributed by atoms with Gasteiger partial charge in [-0.1, -0.05) is 24.3 Å². The van der Waals surface area contributed by atoms with E-state index in [4.69, 9.17) is 9.47 Å². The van der Waals surface area contributed by atoms with Crippen LogP contribution in [0, 0.1) is 0 Å². The van der Waals surface area contributed by atoms with Gasteiger partial charge in [-0.15, -0.1) is 0 Å². The van der Waals surface area contributed by atoms with Crippen LogP contribution < -0.4 is 5.56 Å². The number of fused-ring (bicyclic) bond motifs is 2. The van der Waals surface area contributed by atoms with Crippen molar-refractivity contribution >= 4 is 5.97 Å². The second kappa shape index (κ2) is 6.18. The van der Waals surface area contributed by atoms with Gasteiger partial charge in [0.25, 0.3) is 5.56 Å². The Morgan fingerprint density at radius 3 is 3.08 bits per heavy atom. The first kappa shape index (κ1) is 15.6. The number of carbonyl (C=O) groups excluding carboxylic acids is 1. The lowest BCUT2D eigenvalue weighted by molar-refractivity contribution is 0.0303. The van der Waals surface area contributed by atoms with E-state index in [1.807, 2.05) is 12.1 Å². The van der Waals surface area contributed by atoms with E-state index in [1.165, 1.54) is 12.7 Å². The van der Waals surface area contributed by atoms with Gasteiger partial charge in [-0.2, -0.15) is 5.10 Å². The Bertz CT molecular complexity index is 959. The number of pyridine rings is 1. The number of rotatable bonds is 3. The lowest BCUT2D eigenvalue weighted by Crippen LogP contribution is -2.21. The molecule has 0 bridgehead atoms. The summed E-state index contributed by atoms with van der Waals surface area (Å²) >= 11 is 0.